The van der Waals surface area contributed by atoms with Crippen LogP contribution in [0.2, 0.25) is 0 Å². The van der Waals surface area contributed by atoms with Gasteiger partial charge in [-0.15, -0.1) is 0 Å². The molecule has 0 unspecified atom stereocenters. The first-order valence-electron chi connectivity index (χ1n) is 9.19. The molecule has 0 spiro atoms. The molecule has 1 aliphatic heterocycles. The molecule has 1 fully saturated rings. The largest absolute Gasteiger partial charge is 0.334 e. The van der Waals surface area contributed by atoms with E-state index < -0.39 is 21.1 Å². The first-order valence-corrected chi connectivity index (χ1v) is 11.0. The van der Waals surface area contributed by atoms with E-state index in [4.69, 9.17) is 0 Å². The summed E-state index contributed by atoms with van der Waals surface area (Å²) in [4.78, 5) is 43.5. The molecule has 2 aromatic heterocycles. The van der Waals surface area contributed by atoms with Gasteiger partial charge in [-0.3, -0.25) is 18.7 Å². The second kappa shape index (κ2) is 7.19. The Morgan fingerprint density at radius 2 is 2.00 bits per heavy atom. The molecule has 0 aliphatic carbocycles. The van der Waals surface area contributed by atoms with Crippen molar-refractivity contribution in [3.63, 3.8) is 0 Å². The number of nitrogens with zero attached hydrogens (tertiary/aromatic N) is 5. The zero-order valence-electron chi connectivity index (χ0n) is 16.5. The third kappa shape index (κ3) is 3.38. The second-order valence-electron chi connectivity index (χ2n) is 7.37. The molecular formula is C17H25N5O5S. The Hall–Kier alpha value is -2.43. The SMILES string of the molecule is CC[C@H](C)N(C(=O)Cn1cnc2c1c(=O)n(C)c(=O)n2C)[C@H]1CCS(=O)(=O)C1. The minimum atomic E-state index is -3.14. The summed E-state index contributed by atoms with van der Waals surface area (Å²) in [6.07, 6.45) is 2.46. The molecule has 2 aromatic rings. The number of sulfone groups is 1. The van der Waals surface area contributed by atoms with Gasteiger partial charge in [-0.1, -0.05) is 6.92 Å². The number of imidazole rings is 1. The van der Waals surface area contributed by atoms with E-state index in [0.717, 1.165) is 4.57 Å². The summed E-state index contributed by atoms with van der Waals surface area (Å²) in [5.74, 6) is -0.231. The molecule has 0 N–H and O–H groups in total. The van der Waals surface area contributed by atoms with Crippen LogP contribution < -0.4 is 11.2 Å². The van der Waals surface area contributed by atoms with Crippen molar-refractivity contribution in [3.05, 3.63) is 27.2 Å². The van der Waals surface area contributed by atoms with Crippen LogP contribution in [-0.2, 0) is 35.3 Å². The molecule has 0 bridgehead atoms. The van der Waals surface area contributed by atoms with Crippen molar-refractivity contribution in [1.82, 2.24) is 23.6 Å². The van der Waals surface area contributed by atoms with E-state index >= 15 is 0 Å². The number of carbonyl (C=O) groups is 1. The van der Waals surface area contributed by atoms with Crippen LogP contribution in [0.3, 0.4) is 0 Å². The average molecular weight is 411 g/mol. The maximum atomic E-state index is 13.1. The maximum absolute atomic E-state index is 13.1. The fourth-order valence-corrected chi connectivity index (χ4v) is 5.46. The number of fused-ring (bicyclic) bond motifs is 1. The smallest absolute Gasteiger partial charge is 0.332 e. The van der Waals surface area contributed by atoms with E-state index in [1.165, 1.54) is 29.6 Å². The molecule has 1 aliphatic rings. The summed E-state index contributed by atoms with van der Waals surface area (Å²) in [6.45, 7) is 3.68. The molecule has 3 heterocycles. The summed E-state index contributed by atoms with van der Waals surface area (Å²) in [5.41, 5.74) is -0.645. The van der Waals surface area contributed by atoms with Crippen molar-refractivity contribution in [2.45, 2.75) is 45.3 Å². The van der Waals surface area contributed by atoms with Crippen LogP contribution in [-0.4, -0.2) is 61.5 Å². The van der Waals surface area contributed by atoms with Gasteiger partial charge in [0.15, 0.2) is 21.0 Å². The minimum absolute atomic E-state index is 0.0377. The number of aromatic nitrogens is 4. The zero-order chi connectivity index (χ0) is 20.8. The lowest BCUT2D eigenvalue weighted by Crippen LogP contribution is -2.48. The fourth-order valence-electron chi connectivity index (χ4n) is 3.75. The third-order valence-corrected chi connectivity index (χ3v) is 7.23. The number of hydrogen-bond donors (Lipinski definition) is 0. The summed E-state index contributed by atoms with van der Waals surface area (Å²) in [7, 11) is -0.254. The Balaban J connectivity index is 1.99. The zero-order valence-corrected chi connectivity index (χ0v) is 17.3. The van der Waals surface area contributed by atoms with Crippen molar-refractivity contribution >= 4 is 26.9 Å². The maximum Gasteiger partial charge on any atom is 0.332 e. The standard InChI is InChI=1S/C17H25N5O5S/c1-5-11(2)22(12-6-7-28(26,27)9-12)13(23)8-21-10-18-15-14(21)16(24)20(4)17(25)19(15)3/h10-12H,5-9H2,1-4H3/t11-,12-/m0/s1. The van der Waals surface area contributed by atoms with Gasteiger partial charge in [-0.25, -0.2) is 18.2 Å². The summed E-state index contributed by atoms with van der Waals surface area (Å²) in [5, 5.41) is 0. The van der Waals surface area contributed by atoms with Crippen LogP contribution in [0.5, 0.6) is 0 Å². The molecule has 11 heteroatoms. The Morgan fingerprint density at radius 3 is 2.57 bits per heavy atom. The van der Waals surface area contributed by atoms with Gasteiger partial charge >= 0.3 is 5.69 Å². The predicted octanol–water partition coefficient (Wildman–Crippen LogP) is -0.752. The number of carbonyl (C=O) groups excluding carboxylic acids is 1. The topological polar surface area (TPSA) is 116 Å². The molecule has 154 valence electrons. The number of hydrogen-bond acceptors (Lipinski definition) is 6. The van der Waals surface area contributed by atoms with Crippen LogP contribution in [0.15, 0.2) is 15.9 Å². The Morgan fingerprint density at radius 1 is 1.32 bits per heavy atom. The van der Waals surface area contributed by atoms with Crippen molar-refractivity contribution in [2.75, 3.05) is 11.5 Å². The number of aryl methyl sites for hydroxylation is 1. The van der Waals surface area contributed by atoms with E-state index in [1.807, 2.05) is 13.8 Å². The van der Waals surface area contributed by atoms with Gasteiger partial charge < -0.3 is 9.47 Å². The summed E-state index contributed by atoms with van der Waals surface area (Å²) >= 11 is 0. The lowest BCUT2D eigenvalue weighted by atomic mass is 10.1. The Bertz CT molecular complexity index is 1140. The monoisotopic (exact) mass is 411 g/mol. The van der Waals surface area contributed by atoms with Crippen molar-refractivity contribution < 1.29 is 13.2 Å². The van der Waals surface area contributed by atoms with Crippen LogP contribution in [0, 0.1) is 0 Å². The molecule has 28 heavy (non-hydrogen) atoms. The molecule has 3 rings (SSSR count). The predicted molar refractivity (Wildman–Crippen MR) is 104 cm³/mol. The Labute approximate surface area is 162 Å². The van der Waals surface area contributed by atoms with Gasteiger partial charge in [0.05, 0.1) is 17.8 Å². The minimum Gasteiger partial charge on any atom is -0.334 e. The molecule has 10 nitrogen and oxygen atoms in total. The van der Waals surface area contributed by atoms with Crippen molar-refractivity contribution in [1.29, 1.82) is 0 Å². The van der Waals surface area contributed by atoms with E-state index in [2.05, 4.69) is 4.98 Å². The highest BCUT2D eigenvalue weighted by Crippen LogP contribution is 2.22. The molecular weight excluding hydrogens is 386 g/mol. The van der Waals surface area contributed by atoms with E-state index in [9.17, 15) is 22.8 Å². The lowest BCUT2D eigenvalue weighted by Gasteiger charge is -2.33. The molecule has 0 aromatic carbocycles. The van der Waals surface area contributed by atoms with Crippen LogP contribution in [0.25, 0.3) is 11.2 Å². The Kier molecular flexibility index (Phi) is 5.22. The first-order chi connectivity index (χ1) is 13.1. The highest BCUT2D eigenvalue weighted by Gasteiger charge is 2.36. The van der Waals surface area contributed by atoms with Gasteiger partial charge in [-0.05, 0) is 19.8 Å². The van der Waals surface area contributed by atoms with E-state index in [-0.39, 0.29) is 47.2 Å². The fraction of sp³-hybridized carbons (Fsp3) is 0.647. The third-order valence-electron chi connectivity index (χ3n) is 5.48. The van der Waals surface area contributed by atoms with Crippen LogP contribution >= 0.6 is 0 Å². The van der Waals surface area contributed by atoms with Gasteiger partial charge in [0.2, 0.25) is 5.91 Å². The lowest BCUT2D eigenvalue weighted by molar-refractivity contribution is -0.136. The number of rotatable bonds is 5. The van der Waals surface area contributed by atoms with E-state index in [1.54, 1.807) is 4.90 Å². The van der Waals surface area contributed by atoms with Crippen LogP contribution in [0.4, 0.5) is 0 Å². The molecule has 1 saturated heterocycles. The van der Waals surface area contributed by atoms with Crippen molar-refractivity contribution in [2.24, 2.45) is 14.1 Å². The summed E-state index contributed by atoms with van der Waals surface area (Å²) in [6, 6.07) is -0.498. The molecule has 0 saturated carbocycles. The normalized spacial score (nSPS) is 19.8. The van der Waals surface area contributed by atoms with Crippen LogP contribution in [0.1, 0.15) is 26.7 Å². The molecule has 2 atom stereocenters. The quantitative estimate of drug-likeness (QED) is 0.639. The average Bonchev–Trinajstić information content (AvgIpc) is 3.21. The molecule has 1 amide bonds. The molecule has 0 radical (unpaired) electrons. The van der Waals surface area contributed by atoms with Gasteiger partial charge in [0.1, 0.15) is 6.54 Å². The first kappa shape index (κ1) is 20.3. The van der Waals surface area contributed by atoms with Crippen molar-refractivity contribution in [3.8, 4) is 0 Å². The highest BCUT2D eigenvalue weighted by atomic mass is 32.2. The van der Waals surface area contributed by atoms with Gasteiger partial charge in [0, 0.05) is 26.2 Å². The number of amides is 1. The summed E-state index contributed by atoms with van der Waals surface area (Å²) < 4.78 is 27.4. The highest BCUT2D eigenvalue weighted by molar-refractivity contribution is 7.91. The second-order valence-corrected chi connectivity index (χ2v) is 9.59. The van der Waals surface area contributed by atoms with Gasteiger partial charge in [-0.2, -0.15) is 0 Å². The van der Waals surface area contributed by atoms with E-state index in [0.29, 0.717) is 12.8 Å². The van der Waals surface area contributed by atoms with Gasteiger partial charge in [0.25, 0.3) is 5.56 Å².